The molecule has 0 bridgehead atoms. The van der Waals surface area contributed by atoms with Crippen molar-refractivity contribution in [2.75, 3.05) is 12.3 Å². The molecule has 0 saturated carbocycles. The minimum atomic E-state index is -1.10. The predicted octanol–water partition coefficient (Wildman–Crippen LogP) is 7.31. The van der Waals surface area contributed by atoms with Gasteiger partial charge in [-0.15, -0.1) is 0 Å². The van der Waals surface area contributed by atoms with E-state index in [1.165, 1.54) is 35.1 Å². The third kappa shape index (κ3) is 9.66. The lowest BCUT2D eigenvalue weighted by Crippen LogP contribution is -2.14. The summed E-state index contributed by atoms with van der Waals surface area (Å²) in [6, 6.07) is 18.5. The Kier molecular flexibility index (Phi) is 9.90. The van der Waals surface area contributed by atoms with Crippen LogP contribution in [0, 0.1) is 5.92 Å². The quantitative estimate of drug-likeness (QED) is 0.270. The van der Waals surface area contributed by atoms with Crippen molar-refractivity contribution in [3.8, 4) is 0 Å². The molecule has 2 aromatic rings. The second-order valence-corrected chi connectivity index (χ2v) is 13.2. The molecule has 1 atom stereocenters. The molecule has 0 saturated heterocycles. The largest absolute Gasteiger partial charge is 0.275 e. The van der Waals surface area contributed by atoms with Crippen molar-refractivity contribution in [2.24, 2.45) is 5.92 Å². The van der Waals surface area contributed by atoms with Crippen LogP contribution in [0.25, 0.3) is 0 Å². The first kappa shape index (κ1) is 25.7. The zero-order valence-electron chi connectivity index (χ0n) is 20.7. The summed E-state index contributed by atoms with van der Waals surface area (Å²) >= 11 is 0. The Morgan fingerprint density at radius 3 is 1.87 bits per heavy atom. The highest BCUT2D eigenvalue weighted by atomic mass is 32.2. The Bertz CT molecular complexity index is 868. The summed E-state index contributed by atoms with van der Waals surface area (Å²) < 4.78 is 3.60. The molecule has 1 N–H and O–H groups in total. The predicted molar refractivity (Wildman–Crippen MR) is 146 cm³/mol. The van der Waals surface area contributed by atoms with Gasteiger partial charge in [0.15, 0.2) is 0 Å². The van der Waals surface area contributed by atoms with Gasteiger partial charge >= 0.3 is 0 Å². The van der Waals surface area contributed by atoms with Crippen molar-refractivity contribution >= 4 is 21.1 Å². The van der Waals surface area contributed by atoms with Crippen LogP contribution in [0.5, 0.6) is 0 Å². The molecule has 0 radical (unpaired) electrons. The fourth-order valence-electron chi connectivity index (χ4n) is 3.93. The van der Waals surface area contributed by atoms with E-state index in [9.17, 15) is 0 Å². The van der Waals surface area contributed by atoms with Crippen molar-refractivity contribution in [3.63, 3.8) is 0 Å². The molecule has 1 nitrogen and oxygen atoms in total. The van der Waals surface area contributed by atoms with E-state index in [-0.39, 0.29) is 5.41 Å². The van der Waals surface area contributed by atoms with E-state index in [4.69, 9.17) is 0 Å². The van der Waals surface area contributed by atoms with Crippen LogP contribution in [0.15, 0.2) is 48.5 Å². The van der Waals surface area contributed by atoms with Gasteiger partial charge in [0.05, 0.1) is 0 Å². The molecule has 2 aromatic carbocycles. The Morgan fingerprint density at radius 1 is 0.839 bits per heavy atom. The molecule has 0 aromatic heterocycles. The maximum atomic E-state index is 4.30. The van der Waals surface area contributed by atoms with Gasteiger partial charge in [-0.05, 0) is 71.4 Å². The maximum absolute atomic E-state index is 4.30. The molecule has 172 valence electrons. The zero-order chi connectivity index (χ0) is 22.9. The first-order valence-electron chi connectivity index (χ1n) is 12.0. The highest BCUT2D eigenvalue weighted by Gasteiger charge is 2.13. The third-order valence-electron chi connectivity index (χ3n) is 5.95. The van der Waals surface area contributed by atoms with Crippen LogP contribution in [0.1, 0.15) is 76.1 Å². The van der Waals surface area contributed by atoms with Gasteiger partial charge < -0.3 is 0 Å². The van der Waals surface area contributed by atoms with Gasteiger partial charge in [0.1, 0.15) is 0 Å². The number of hydrogen-bond acceptors (Lipinski definition) is 1. The molecule has 0 fully saturated rings. The van der Waals surface area contributed by atoms with Gasteiger partial charge in [-0.3, -0.25) is 4.72 Å². The fraction of sp³-hybridized carbons (Fsp3) is 0.517. The Hall–Kier alpha value is -1.51. The highest BCUT2D eigenvalue weighted by molar-refractivity contribution is 8.26. The molecular formula is C29H45NS. The molecule has 0 aliphatic rings. The van der Waals surface area contributed by atoms with Crippen LogP contribution in [0.3, 0.4) is 0 Å². The molecule has 0 aliphatic heterocycles. The molecule has 1 unspecified atom stereocenters. The van der Waals surface area contributed by atoms with E-state index in [1.54, 1.807) is 0 Å². The molecule has 2 rings (SSSR count). The highest BCUT2D eigenvalue weighted by Crippen LogP contribution is 2.23. The van der Waals surface area contributed by atoms with E-state index < -0.39 is 9.39 Å². The minimum absolute atomic E-state index is 0.224. The molecular weight excluding hydrogens is 394 g/mol. The molecule has 2 heteroatoms. The number of benzene rings is 2. The van der Waals surface area contributed by atoms with Crippen LogP contribution in [-0.4, -0.2) is 24.0 Å². The number of unbranched alkanes of at least 4 members (excludes halogenated alkanes) is 1. The summed E-state index contributed by atoms with van der Waals surface area (Å²) in [6.07, 6.45) is 6.97. The number of rotatable bonds is 12. The summed E-state index contributed by atoms with van der Waals surface area (Å²) in [5, 5.41) is 0. The van der Waals surface area contributed by atoms with E-state index in [0.29, 0.717) is 5.92 Å². The standard InChI is InChI=1S/C29H45NS/c1-8-9-21-31(6,7)30-20-10-11-25-12-14-26(15-13-25)22-24(2)23-27-16-18-28(19-17-27)29(3,4)5/h12-19,24,30H,6-11,20-23H2,1-5H3. The van der Waals surface area contributed by atoms with Crippen molar-refractivity contribution < 1.29 is 0 Å². The first-order chi connectivity index (χ1) is 14.6. The number of nitrogens with one attached hydrogen (secondary N) is 1. The van der Waals surface area contributed by atoms with Crippen LogP contribution in [0.4, 0.5) is 0 Å². The molecule has 0 heterocycles. The second kappa shape index (κ2) is 11.9. The van der Waals surface area contributed by atoms with Crippen LogP contribution < -0.4 is 4.72 Å². The Labute approximate surface area is 193 Å². The summed E-state index contributed by atoms with van der Waals surface area (Å²) in [5.74, 6) is 10.4. The van der Waals surface area contributed by atoms with Crippen molar-refractivity contribution in [3.05, 3.63) is 70.8 Å². The monoisotopic (exact) mass is 439 g/mol. The lowest BCUT2D eigenvalue weighted by atomic mass is 9.85. The zero-order valence-corrected chi connectivity index (χ0v) is 21.5. The van der Waals surface area contributed by atoms with E-state index in [1.807, 2.05) is 0 Å². The van der Waals surface area contributed by atoms with E-state index in [0.717, 1.165) is 38.0 Å². The normalized spacial score (nSPS) is 13.3. The molecule has 0 aliphatic carbocycles. The fourth-order valence-corrected chi connectivity index (χ4v) is 5.50. The summed E-state index contributed by atoms with van der Waals surface area (Å²) in [6.45, 7) is 12.4. The third-order valence-corrected chi connectivity index (χ3v) is 7.84. The van der Waals surface area contributed by atoms with Gasteiger partial charge in [-0.1, -0.05) is 101 Å². The van der Waals surface area contributed by atoms with Crippen LogP contribution in [0.2, 0.25) is 0 Å². The van der Waals surface area contributed by atoms with E-state index in [2.05, 4.69) is 99.6 Å². The van der Waals surface area contributed by atoms with Crippen molar-refractivity contribution in [1.82, 2.24) is 4.72 Å². The lowest BCUT2D eigenvalue weighted by molar-refractivity contribution is 0.573. The maximum Gasteiger partial charge on any atom is 0.00523 e. The summed E-state index contributed by atoms with van der Waals surface area (Å²) in [4.78, 5) is 0. The average Bonchev–Trinajstić information content (AvgIpc) is 2.70. The summed E-state index contributed by atoms with van der Waals surface area (Å²) in [5.41, 5.74) is 5.95. The molecule has 31 heavy (non-hydrogen) atoms. The SMILES string of the molecule is C=S(=C)(CCCC)NCCCc1ccc(CC(C)Cc2ccc(C(C)(C)C)cc2)cc1. The van der Waals surface area contributed by atoms with Gasteiger partial charge in [0, 0.05) is 6.54 Å². The Morgan fingerprint density at radius 2 is 1.35 bits per heavy atom. The number of aryl methyl sites for hydroxylation is 1. The molecule has 0 spiro atoms. The van der Waals surface area contributed by atoms with Crippen molar-refractivity contribution in [2.45, 2.75) is 78.6 Å². The number of hydrogen-bond donors (Lipinski definition) is 1. The van der Waals surface area contributed by atoms with Gasteiger partial charge in [-0.2, -0.15) is 9.39 Å². The minimum Gasteiger partial charge on any atom is -0.275 e. The topological polar surface area (TPSA) is 12.0 Å². The summed E-state index contributed by atoms with van der Waals surface area (Å²) in [7, 11) is -1.10. The first-order valence-corrected chi connectivity index (χ1v) is 14.1. The van der Waals surface area contributed by atoms with Gasteiger partial charge in [0.2, 0.25) is 0 Å². The average molecular weight is 440 g/mol. The second-order valence-electron chi connectivity index (χ2n) is 10.4. The smallest absolute Gasteiger partial charge is 0.00523 e. The van der Waals surface area contributed by atoms with Crippen LogP contribution >= 0.6 is 9.39 Å². The van der Waals surface area contributed by atoms with Gasteiger partial charge in [0.25, 0.3) is 0 Å². The Balaban J connectivity index is 1.76. The lowest BCUT2D eigenvalue weighted by Gasteiger charge is -2.19. The van der Waals surface area contributed by atoms with Crippen molar-refractivity contribution in [1.29, 1.82) is 0 Å². The molecule has 0 amide bonds. The van der Waals surface area contributed by atoms with Gasteiger partial charge in [-0.25, -0.2) is 0 Å². The van der Waals surface area contributed by atoms with E-state index >= 15 is 0 Å². The van der Waals surface area contributed by atoms with Crippen LogP contribution in [-0.2, 0) is 24.7 Å².